The van der Waals surface area contributed by atoms with Crippen molar-refractivity contribution in [2.24, 2.45) is 11.3 Å². The van der Waals surface area contributed by atoms with E-state index < -0.39 is 23.2 Å². The van der Waals surface area contributed by atoms with Crippen molar-refractivity contribution in [3.63, 3.8) is 0 Å². The molecule has 236 valence electrons. The molecule has 4 aliphatic carbocycles. The zero-order valence-corrected chi connectivity index (χ0v) is 32.6. The molecule has 0 heterocycles. The Hall–Kier alpha value is -2.18. The van der Waals surface area contributed by atoms with Crippen LogP contribution < -0.4 is 24.8 Å². The second-order valence-corrected chi connectivity index (χ2v) is 18.1. The summed E-state index contributed by atoms with van der Waals surface area (Å²) in [6.07, 6.45) is 3.81. The number of hydrogen-bond acceptors (Lipinski definition) is 0. The summed E-state index contributed by atoms with van der Waals surface area (Å²) >= 11 is -1.13. The average Bonchev–Trinajstić information content (AvgIpc) is 3.57. The van der Waals surface area contributed by atoms with Gasteiger partial charge in [0.15, 0.2) is 0 Å². The van der Waals surface area contributed by atoms with E-state index >= 15 is 0 Å². The van der Waals surface area contributed by atoms with Crippen LogP contribution in [-0.4, -0.2) is 0 Å². The van der Waals surface area contributed by atoms with Gasteiger partial charge in [0.05, 0.1) is 0 Å². The van der Waals surface area contributed by atoms with Gasteiger partial charge in [0.2, 0.25) is 0 Å². The molecule has 0 saturated carbocycles. The van der Waals surface area contributed by atoms with Crippen LogP contribution in [0.4, 0.5) is 0 Å². The number of aryl methyl sites for hydroxylation is 4. The third-order valence-corrected chi connectivity index (χ3v) is 15.3. The molecular formula is C43H46Cl2Zr. The number of allylic oxidation sites excluding steroid dienone is 4. The first-order chi connectivity index (χ1) is 21.1. The van der Waals surface area contributed by atoms with E-state index in [9.17, 15) is 0 Å². The van der Waals surface area contributed by atoms with E-state index in [1.165, 1.54) is 63.8 Å². The summed E-state index contributed by atoms with van der Waals surface area (Å²) in [5.74, 6) is 0.566. The molecule has 0 nitrogen and oxygen atoms in total. The Balaban J connectivity index is 0.00000208. The normalized spacial score (nSPS) is 17.5. The van der Waals surface area contributed by atoms with Gasteiger partial charge in [-0.25, -0.2) is 0 Å². The van der Waals surface area contributed by atoms with Crippen LogP contribution in [0.3, 0.4) is 0 Å². The summed E-state index contributed by atoms with van der Waals surface area (Å²) in [6, 6.07) is 33.2. The Bertz CT molecular complexity index is 1740. The van der Waals surface area contributed by atoms with Crippen molar-refractivity contribution in [3.8, 4) is 11.1 Å². The van der Waals surface area contributed by atoms with Crippen LogP contribution in [0.1, 0.15) is 95.1 Å². The minimum absolute atomic E-state index is 0. The van der Waals surface area contributed by atoms with Crippen molar-refractivity contribution in [1.82, 2.24) is 0 Å². The van der Waals surface area contributed by atoms with Crippen LogP contribution in [0.2, 0.25) is 0 Å². The summed E-state index contributed by atoms with van der Waals surface area (Å²) in [5, 5.41) is 0. The van der Waals surface area contributed by atoms with Crippen LogP contribution in [-0.2, 0) is 28.6 Å². The molecule has 0 aromatic heterocycles. The molecule has 4 aromatic rings. The Morgan fingerprint density at radius 3 is 1.57 bits per heavy atom. The zero-order valence-electron chi connectivity index (χ0n) is 28.6. The Kier molecular flexibility index (Phi) is 9.95. The molecule has 0 N–H and O–H groups in total. The Morgan fingerprint density at radius 2 is 1.13 bits per heavy atom. The van der Waals surface area contributed by atoms with Gasteiger partial charge < -0.3 is 24.8 Å². The first-order valence-corrected chi connectivity index (χ1v) is 19.3. The van der Waals surface area contributed by atoms with E-state index in [0.717, 1.165) is 0 Å². The fourth-order valence-corrected chi connectivity index (χ4v) is 13.6. The molecule has 8 rings (SSSR count). The zero-order chi connectivity index (χ0) is 31.0. The molecule has 4 aliphatic rings. The van der Waals surface area contributed by atoms with Crippen molar-refractivity contribution in [3.05, 3.63) is 149 Å². The molecule has 0 saturated heterocycles. The predicted molar refractivity (Wildman–Crippen MR) is 183 cm³/mol. The van der Waals surface area contributed by atoms with Gasteiger partial charge >= 0.3 is 279 Å². The second-order valence-electron chi connectivity index (χ2n) is 14.6. The van der Waals surface area contributed by atoms with Crippen LogP contribution in [0.15, 0.2) is 105 Å². The fourth-order valence-electron chi connectivity index (χ4n) is 8.56. The minimum Gasteiger partial charge on any atom is -1.00 e. The van der Waals surface area contributed by atoms with Crippen molar-refractivity contribution in [2.75, 3.05) is 0 Å². The van der Waals surface area contributed by atoms with Crippen molar-refractivity contribution in [1.29, 1.82) is 0 Å². The van der Waals surface area contributed by atoms with Crippen molar-refractivity contribution < 1.29 is 48.0 Å². The third kappa shape index (κ3) is 5.20. The third-order valence-electron chi connectivity index (χ3n) is 10.8. The van der Waals surface area contributed by atoms with Gasteiger partial charge in [0.25, 0.3) is 0 Å². The number of hydrogen-bond donors (Lipinski definition) is 0. The summed E-state index contributed by atoms with van der Waals surface area (Å²) in [7, 11) is 0. The van der Waals surface area contributed by atoms with Gasteiger partial charge in [-0.15, -0.1) is 0 Å². The Morgan fingerprint density at radius 1 is 0.674 bits per heavy atom. The molecule has 0 fully saturated rings. The first-order valence-electron chi connectivity index (χ1n) is 16.7. The molecule has 0 radical (unpaired) electrons. The number of halogens is 2. The smallest absolute Gasteiger partial charge is 1.00 e. The van der Waals surface area contributed by atoms with E-state index in [4.69, 9.17) is 0 Å². The average molecular weight is 725 g/mol. The molecular weight excluding hydrogens is 679 g/mol. The maximum atomic E-state index is 2.57. The molecule has 0 spiro atoms. The molecule has 1 unspecified atom stereocenters. The van der Waals surface area contributed by atoms with Gasteiger partial charge in [0.1, 0.15) is 0 Å². The number of benzene rings is 4. The fraction of sp³-hybridized carbons (Fsp3) is 0.349. The van der Waals surface area contributed by atoms with E-state index in [0.29, 0.717) is 9.54 Å². The molecule has 0 amide bonds. The van der Waals surface area contributed by atoms with Gasteiger partial charge in [-0.1, -0.05) is 0 Å². The maximum Gasteiger partial charge on any atom is -1.00 e. The molecule has 1 atom stereocenters. The Labute approximate surface area is 301 Å². The summed E-state index contributed by atoms with van der Waals surface area (Å²) in [6.45, 7) is 19.0. The van der Waals surface area contributed by atoms with Crippen molar-refractivity contribution in [2.45, 2.75) is 83.7 Å². The van der Waals surface area contributed by atoms with Crippen LogP contribution in [0.25, 0.3) is 11.1 Å². The molecule has 4 aromatic carbocycles. The SMILES string of the molecule is CCCCC1[C]([Zr+2][CH]2c3cc(C)c(C)cc3-c3cc(C)c(C)cc32)=C2C(C(C)(C)C)=C1C2(c1ccccc1)c1ccccc1.[Cl-].[Cl-]. The first kappa shape index (κ1) is 35.1. The molecule has 46 heavy (non-hydrogen) atoms. The van der Waals surface area contributed by atoms with E-state index in [1.807, 2.05) is 3.28 Å². The number of fused-ring (bicyclic) bond motifs is 4. The van der Waals surface area contributed by atoms with Gasteiger partial charge in [-0.05, 0) is 0 Å². The monoisotopic (exact) mass is 722 g/mol. The molecule has 3 heteroatoms. The van der Waals surface area contributed by atoms with E-state index in [-0.39, 0.29) is 35.6 Å². The van der Waals surface area contributed by atoms with Gasteiger partial charge in [0, 0.05) is 0 Å². The van der Waals surface area contributed by atoms with Crippen LogP contribution in [0.5, 0.6) is 0 Å². The summed E-state index contributed by atoms with van der Waals surface area (Å²) in [4.78, 5) is 0. The number of rotatable bonds is 7. The van der Waals surface area contributed by atoms with Gasteiger partial charge in [-0.2, -0.15) is 0 Å². The van der Waals surface area contributed by atoms with Crippen LogP contribution >= 0.6 is 0 Å². The van der Waals surface area contributed by atoms with Crippen LogP contribution in [0, 0.1) is 39.0 Å². The largest absolute Gasteiger partial charge is 1.00 e. The summed E-state index contributed by atoms with van der Waals surface area (Å²) < 4.78 is 2.44. The minimum atomic E-state index is -1.13. The van der Waals surface area contributed by atoms with Crippen molar-refractivity contribution >= 4 is 0 Å². The summed E-state index contributed by atoms with van der Waals surface area (Å²) in [5.41, 5.74) is 20.0. The van der Waals surface area contributed by atoms with Gasteiger partial charge in [-0.3, -0.25) is 0 Å². The molecule has 2 bridgehead atoms. The second kappa shape index (κ2) is 13.0. The quantitative estimate of drug-likeness (QED) is 0.237. The van der Waals surface area contributed by atoms with E-state index in [2.05, 4.69) is 140 Å². The standard InChI is InChI=1S/C26H29.C17H17.2ClH.Zr/c1-5-6-13-19-18-22-24(25(2,3)4)23(19)26(22,20-14-9-7-10-15-20)21-16-11-8-12-17-21;1-10-5-14-9-15-6-11(2)13(4)8-17(15)16(14)7-12(10)3;;;/h7-12,14-17,19H,5-6,13H2,1-4H3;5-9H,1-4H3;2*1H;/q;;;;+2/p-2. The maximum absolute atomic E-state index is 2.57. The molecule has 0 aliphatic heterocycles. The van der Waals surface area contributed by atoms with E-state index in [1.54, 1.807) is 27.8 Å². The predicted octanol–water partition coefficient (Wildman–Crippen LogP) is 5.50. The number of unbranched alkanes of at least 4 members (excludes halogenated alkanes) is 1. The topological polar surface area (TPSA) is 0 Å².